The molecule has 0 saturated carbocycles. The topological polar surface area (TPSA) is 12.0 Å². The molecule has 0 amide bonds. The third kappa shape index (κ3) is 1.46. The Labute approximate surface area is 86.5 Å². The number of fused-ring (bicyclic) bond motifs is 1. The summed E-state index contributed by atoms with van der Waals surface area (Å²) in [6.07, 6.45) is 0. The molecule has 0 fully saturated rings. The van der Waals surface area contributed by atoms with E-state index in [-0.39, 0.29) is 0 Å². The molecule has 2 unspecified atom stereocenters. The summed E-state index contributed by atoms with van der Waals surface area (Å²) in [4.78, 5) is 0. The van der Waals surface area contributed by atoms with Gasteiger partial charge in [0.15, 0.2) is 0 Å². The molecule has 1 aromatic rings. The smallest absolute Gasteiger partial charge is 0.0295 e. The fourth-order valence-corrected chi connectivity index (χ4v) is 2.61. The van der Waals surface area contributed by atoms with Crippen LogP contribution in [0.2, 0.25) is 0 Å². The SMILES string of the molecule is Cc1cc(C)c2c(c1)C(C)NCC2C. The van der Waals surface area contributed by atoms with E-state index in [1.54, 1.807) is 5.56 Å². The molecular weight excluding hydrogens is 170 g/mol. The maximum absolute atomic E-state index is 3.54. The lowest BCUT2D eigenvalue weighted by Crippen LogP contribution is -2.31. The zero-order valence-electron chi connectivity index (χ0n) is 9.52. The molecular formula is C13H19N. The summed E-state index contributed by atoms with van der Waals surface area (Å²) < 4.78 is 0. The first-order chi connectivity index (χ1) is 6.59. The molecule has 1 aliphatic heterocycles. The number of benzene rings is 1. The molecule has 2 rings (SSSR count). The van der Waals surface area contributed by atoms with Crippen LogP contribution < -0.4 is 5.32 Å². The second-order valence-corrected chi connectivity index (χ2v) is 4.62. The molecule has 1 N–H and O–H groups in total. The van der Waals surface area contributed by atoms with Gasteiger partial charge in [-0.1, -0.05) is 24.6 Å². The Balaban J connectivity index is 2.60. The van der Waals surface area contributed by atoms with E-state index < -0.39 is 0 Å². The van der Waals surface area contributed by atoms with Crippen molar-refractivity contribution in [2.24, 2.45) is 0 Å². The van der Waals surface area contributed by atoms with Gasteiger partial charge in [-0.15, -0.1) is 0 Å². The van der Waals surface area contributed by atoms with Crippen LogP contribution in [0.5, 0.6) is 0 Å². The van der Waals surface area contributed by atoms with Crippen molar-refractivity contribution in [3.63, 3.8) is 0 Å². The van der Waals surface area contributed by atoms with E-state index in [2.05, 4.69) is 45.1 Å². The van der Waals surface area contributed by atoms with E-state index in [9.17, 15) is 0 Å². The summed E-state index contributed by atoms with van der Waals surface area (Å²) in [5, 5.41) is 3.54. The molecule has 1 nitrogen and oxygen atoms in total. The number of rotatable bonds is 0. The summed E-state index contributed by atoms with van der Waals surface area (Å²) in [5.74, 6) is 0.654. The summed E-state index contributed by atoms with van der Waals surface area (Å²) in [7, 11) is 0. The van der Waals surface area contributed by atoms with Gasteiger partial charge in [-0.2, -0.15) is 0 Å². The van der Waals surface area contributed by atoms with Gasteiger partial charge in [-0.05, 0) is 43.4 Å². The van der Waals surface area contributed by atoms with Crippen molar-refractivity contribution in [2.75, 3.05) is 6.54 Å². The van der Waals surface area contributed by atoms with Crippen LogP contribution in [0, 0.1) is 13.8 Å². The Morgan fingerprint density at radius 2 is 1.93 bits per heavy atom. The average molecular weight is 189 g/mol. The van der Waals surface area contributed by atoms with Gasteiger partial charge in [0, 0.05) is 12.6 Å². The Kier molecular flexibility index (Phi) is 2.36. The van der Waals surface area contributed by atoms with Gasteiger partial charge in [0.25, 0.3) is 0 Å². The molecule has 0 bridgehead atoms. The van der Waals surface area contributed by atoms with Gasteiger partial charge >= 0.3 is 0 Å². The molecule has 0 aliphatic carbocycles. The highest BCUT2D eigenvalue weighted by atomic mass is 14.9. The first kappa shape index (κ1) is 9.72. The van der Waals surface area contributed by atoms with Gasteiger partial charge in [0.1, 0.15) is 0 Å². The van der Waals surface area contributed by atoms with Crippen molar-refractivity contribution >= 4 is 0 Å². The lowest BCUT2D eigenvalue weighted by atomic mass is 9.84. The number of hydrogen-bond donors (Lipinski definition) is 1. The molecule has 1 heteroatoms. The minimum Gasteiger partial charge on any atom is -0.310 e. The number of hydrogen-bond acceptors (Lipinski definition) is 1. The molecule has 1 heterocycles. The van der Waals surface area contributed by atoms with E-state index in [4.69, 9.17) is 0 Å². The van der Waals surface area contributed by atoms with Crippen molar-refractivity contribution in [2.45, 2.75) is 39.7 Å². The monoisotopic (exact) mass is 189 g/mol. The average Bonchev–Trinajstić information content (AvgIpc) is 2.10. The highest BCUT2D eigenvalue weighted by Gasteiger charge is 2.22. The van der Waals surface area contributed by atoms with E-state index in [0.29, 0.717) is 12.0 Å². The Bertz CT molecular complexity index is 354. The van der Waals surface area contributed by atoms with Crippen molar-refractivity contribution < 1.29 is 0 Å². The molecule has 14 heavy (non-hydrogen) atoms. The second kappa shape index (κ2) is 3.39. The summed E-state index contributed by atoms with van der Waals surface area (Å²) in [6, 6.07) is 5.14. The Morgan fingerprint density at radius 3 is 2.64 bits per heavy atom. The molecule has 0 aromatic heterocycles. The highest BCUT2D eigenvalue weighted by Crippen LogP contribution is 2.32. The van der Waals surface area contributed by atoms with E-state index in [0.717, 1.165) is 6.54 Å². The first-order valence-electron chi connectivity index (χ1n) is 5.44. The normalized spacial score (nSPS) is 26.0. The predicted octanol–water partition coefficient (Wildman–Crippen LogP) is 3.07. The lowest BCUT2D eigenvalue weighted by molar-refractivity contribution is 0.493. The van der Waals surface area contributed by atoms with Crippen LogP contribution in [-0.4, -0.2) is 6.54 Å². The van der Waals surface area contributed by atoms with Crippen LogP contribution in [0.3, 0.4) is 0 Å². The van der Waals surface area contributed by atoms with Crippen LogP contribution in [-0.2, 0) is 0 Å². The summed E-state index contributed by atoms with van der Waals surface area (Å²) in [6.45, 7) is 10.1. The van der Waals surface area contributed by atoms with Gasteiger partial charge < -0.3 is 5.32 Å². The maximum atomic E-state index is 3.54. The third-order valence-electron chi connectivity index (χ3n) is 3.25. The zero-order valence-corrected chi connectivity index (χ0v) is 9.52. The molecule has 2 atom stereocenters. The van der Waals surface area contributed by atoms with E-state index in [1.807, 2.05) is 0 Å². The lowest BCUT2D eigenvalue weighted by Gasteiger charge is -2.30. The van der Waals surface area contributed by atoms with Crippen molar-refractivity contribution in [1.82, 2.24) is 5.32 Å². The van der Waals surface area contributed by atoms with Gasteiger partial charge in [-0.25, -0.2) is 0 Å². The standard InChI is InChI=1S/C13H19N/c1-8-5-9(2)13-10(3)7-14-11(4)12(13)6-8/h5-6,10-11,14H,7H2,1-4H3. The Hall–Kier alpha value is -0.820. The fraction of sp³-hybridized carbons (Fsp3) is 0.538. The highest BCUT2D eigenvalue weighted by molar-refractivity contribution is 5.43. The largest absolute Gasteiger partial charge is 0.310 e. The van der Waals surface area contributed by atoms with Crippen LogP contribution in [0.1, 0.15) is 48.1 Å². The van der Waals surface area contributed by atoms with Crippen molar-refractivity contribution in [1.29, 1.82) is 0 Å². The minimum atomic E-state index is 0.514. The van der Waals surface area contributed by atoms with Gasteiger partial charge in [-0.3, -0.25) is 0 Å². The van der Waals surface area contributed by atoms with Crippen molar-refractivity contribution in [3.05, 3.63) is 34.4 Å². The number of aryl methyl sites for hydroxylation is 2. The first-order valence-corrected chi connectivity index (χ1v) is 5.44. The summed E-state index contributed by atoms with van der Waals surface area (Å²) in [5.41, 5.74) is 5.91. The van der Waals surface area contributed by atoms with E-state index >= 15 is 0 Å². The quantitative estimate of drug-likeness (QED) is 0.661. The second-order valence-electron chi connectivity index (χ2n) is 4.62. The number of nitrogens with one attached hydrogen (secondary N) is 1. The van der Waals surface area contributed by atoms with Gasteiger partial charge in [0.05, 0.1) is 0 Å². The van der Waals surface area contributed by atoms with Crippen LogP contribution >= 0.6 is 0 Å². The maximum Gasteiger partial charge on any atom is 0.0295 e. The van der Waals surface area contributed by atoms with Gasteiger partial charge in [0.2, 0.25) is 0 Å². The minimum absolute atomic E-state index is 0.514. The zero-order chi connectivity index (χ0) is 10.3. The van der Waals surface area contributed by atoms with Crippen LogP contribution in [0.15, 0.2) is 12.1 Å². The van der Waals surface area contributed by atoms with Crippen LogP contribution in [0.25, 0.3) is 0 Å². The molecule has 0 radical (unpaired) electrons. The van der Waals surface area contributed by atoms with Crippen molar-refractivity contribution in [3.8, 4) is 0 Å². The molecule has 76 valence electrons. The molecule has 1 aromatic carbocycles. The third-order valence-corrected chi connectivity index (χ3v) is 3.25. The Morgan fingerprint density at radius 1 is 1.21 bits per heavy atom. The van der Waals surface area contributed by atoms with Crippen LogP contribution in [0.4, 0.5) is 0 Å². The molecule has 0 saturated heterocycles. The fourth-order valence-electron chi connectivity index (χ4n) is 2.61. The molecule has 0 spiro atoms. The summed E-state index contributed by atoms with van der Waals surface area (Å²) >= 11 is 0. The molecule has 1 aliphatic rings. The predicted molar refractivity (Wildman–Crippen MR) is 60.7 cm³/mol. The van der Waals surface area contributed by atoms with E-state index in [1.165, 1.54) is 16.7 Å².